The molecule has 1 amide bonds. The second-order valence-electron chi connectivity index (χ2n) is 7.49. The molecule has 2 aromatic heterocycles. The number of aryl methyl sites for hydroxylation is 2. The Balaban J connectivity index is 1.56. The van der Waals surface area contributed by atoms with Gasteiger partial charge < -0.3 is 10.1 Å². The van der Waals surface area contributed by atoms with E-state index in [2.05, 4.69) is 34.1 Å². The summed E-state index contributed by atoms with van der Waals surface area (Å²) in [6.07, 6.45) is 0.952. The van der Waals surface area contributed by atoms with E-state index in [0.717, 1.165) is 43.8 Å². The zero-order valence-electron chi connectivity index (χ0n) is 17.8. The normalized spacial score (nSPS) is 11.8. The predicted molar refractivity (Wildman–Crippen MR) is 127 cm³/mol. The molecule has 0 fully saturated rings. The highest BCUT2D eigenvalue weighted by molar-refractivity contribution is 8.01. The Hall–Kier alpha value is -1.68. The summed E-state index contributed by atoms with van der Waals surface area (Å²) in [5, 5.41) is 3.58. The van der Waals surface area contributed by atoms with Crippen molar-refractivity contribution in [2.24, 2.45) is 0 Å². The number of nitrogens with zero attached hydrogens (tertiary/aromatic N) is 3. The second-order valence-corrected chi connectivity index (χ2v) is 10.8. The van der Waals surface area contributed by atoms with E-state index in [1.54, 1.807) is 30.2 Å². The second kappa shape index (κ2) is 10.1. The largest absolute Gasteiger partial charge is 0.379 e. The highest BCUT2D eigenvalue weighted by Crippen LogP contribution is 2.32. The molecule has 0 bridgehead atoms. The highest BCUT2D eigenvalue weighted by Gasteiger charge is 2.16. The van der Waals surface area contributed by atoms with Crippen molar-refractivity contribution < 1.29 is 9.53 Å². The van der Waals surface area contributed by atoms with Crippen LogP contribution in [0.15, 0.2) is 33.8 Å². The molecule has 6 nitrogen and oxygen atoms in total. The summed E-state index contributed by atoms with van der Waals surface area (Å²) in [7, 11) is 1.74. The van der Waals surface area contributed by atoms with Gasteiger partial charge in [0.15, 0.2) is 9.50 Å². The predicted octanol–water partition coefficient (Wildman–Crippen LogP) is 5.34. The third-order valence-corrected chi connectivity index (χ3v) is 7.44. The number of fused-ring (bicyclic) bond motifs is 1. The smallest absolute Gasteiger partial charge is 0.234 e. The van der Waals surface area contributed by atoms with E-state index in [1.807, 2.05) is 38.1 Å². The quantitative estimate of drug-likeness (QED) is 0.340. The third-order valence-electron chi connectivity index (χ3n) is 4.43. The lowest BCUT2D eigenvalue weighted by molar-refractivity contribution is -0.113. The Morgan fingerprint density at radius 1 is 1.13 bits per heavy atom. The Bertz CT molecular complexity index is 1020. The molecule has 3 rings (SSSR count). The molecule has 160 valence electrons. The molecular formula is C21H26N4O2S3. The minimum absolute atomic E-state index is 0.0805. The fraction of sp³-hybridized carbons (Fsp3) is 0.429. The molecule has 0 saturated carbocycles. The number of thioether (sulfide) groups is 2. The van der Waals surface area contributed by atoms with Crippen molar-refractivity contribution in [3.8, 4) is 0 Å². The number of aromatic nitrogens is 3. The molecule has 2 heterocycles. The fourth-order valence-electron chi connectivity index (χ4n) is 2.61. The summed E-state index contributed by atoms with van der Waals surface area (Å²) in [6, 6.07) is 7.73. The van der Waals surface area contributed by atoms with E-state index in [1.165, 1.54) is 11.8 Å². The van der Waals surface area contributed by atoms with Crippen molar-refractivity contribution in [2.45, 2.75) is 49.2 Å². The lowest BCUT2D eigenvalue weighted by Gasteiger charge is -2.21. The molecule has 0 aliphatic carbocycles. The van der Waals surface area contributed by atoms with Crippen molar-refractivity contribution >= 4 is 56.7 Å². The van der Waals surface area contributed by atoms with Crippen LogP contribution < -0.4 is 5.32 Å². The molecule has 0 atom stereocenters. The van der Waals surface area contributed by atoms with Gasteiger partial charge in [0, 0.05) is 29.9 Å². The van der Waals surface area contributed by atoms with E-state index >= 15 is 0 Å². The summed E-state index contributed by atoms with van der Waals surface area (Å²) in [5.41, 5.74) is 3.40. The van der Waals surface area contributed by atoms with Gasteiger partial charge in [-0.25, -0.2) is 15.0 Å². The molecular weight excluding hydrogens is 436 g/mol. The maximum atomic E-state index is 12.3. The Labute approximate surface area is 189 Å². The summed E-state index contributed by atoms with van der Waals surface area (Å²) in [4.78, 5) is 25.7. The van der Waals surface area contributed by atoms with Crippen LogP contribution in [0.4, 0.5) is 5.69 Å². The van der Waals surface area contributed by atoms with Crippen molar-refractivity contribution in [3.05, 3.63) is 35.7 Å². The highest BCUT2D eigenvalue weighted by atomic mass is 32.2. The minimum atomic E-state index is -0.124. The van der Waals surface area contributed by atoms with E-state index in [-0.39, 0.29) is 17.3 Å². The van der Waals surface area contributed by atoms with Crippen LogP contribution in [0.3, 0.4) is 0 Å². The van der Waals surface area contributed by atoms with Crippen LogP contribution in [-0.2, 0) is 9.53 Å². The average molecular weight is 463 g/mol. The number of thiazole rings is 1. The number of anilines is 1. The molecule has 0 aliphatic heterocycles. The first-order chi connectivity index (χ1) is 14.2. The van der Waals surface area contributed by atoms with Crippen LogP contribution in [0, 0.1) is 13.8 Å². The van der Waals surface area contributed by atoms with Crippen LogP contribution in [0.25, 0.3) is 10.2 Å². The summed E-state index contributed by atoms with van der Waals surface area (Å²) in [5.74, 6) is 1.13. The minimum Gasteiger partial charge on any atom is -0.379 e. The zero-order valence-corrected chi connectivity index (χ0v) is 20.3. The molecule has 0 radical (unpaired) electrons. The number of ether oxygens (including phenoxy) is 1. The van der Waals surface area contributed by atoms with Gasteiger partial charge in [-0.15, -0.1) is 11.3 Å². The molecule has 30 heavy (non-hydrogen) atoms. The molecule has 0 spiro atoms. The monoisotopic (exact) mass is 462 g/mol. The first-order valence-corrected chi connectivity index (χ1v) is 12.4. The van der Waals surface area contributed by atoms with Gasteiger partial charge in [0.25, 0.3) is 0 Å². The maximum Gasteiger partial charge on any atom is 0.234 e. The third kappa shape index (κ3) is 6.66. The lowest BCUT2D eigenvalue weighted by Crippen LogP contribution is -2.22. The fourth-order valence-corrected chi connectivity index (χ4v) is 5.79. The molecule has 0 saturated heterocycles. The van der Waals surface area contributed by atoms with E-state index in [4.69, 9.17) is 4.74 Å². The molecule has 3 aromatic rings. The summed E-state index contributed by atoms with van der Waals surface area (Å²) < 4.78 is 7.56. The summed E-state index contributed by atoms with van der Waals surface area (Å²) in [6.45, 7) is 8.03. The van der Waals surface area contributed by atoms with Crippen LogP contribution in [0.5, 0.6) is 0 Å². The van der Waals surface area contributed by atoms with Gasteiger partial charge in [-0.2, -0.15) is 0 Å². The number of carbonyl (C=O) groups excluding carboxylic acids is 1. The van der Waals surface area contributed by atoms with E-state index in [0.29, 0.717) is 5.16 Å². The molecule has 9 heteroatoms. The Morgan fingerprint density at radius 2 is 1.87 bits per heavy atom. The molecule has 1 N–H and O–H groups in total. The number of hydrogen-bond donors (Lipinski definition) is 1. The average Bonchev–Trinajstić information content (AvgIpc) is 3.07. The molecule has 1 aromatic carbocycles. The summed E-state index contributed by atoms with van der Waals surface area (Å²) >= 11 is 4.72. The van der Waals surface area contributed by atoms with Gasteiger partial charge in [0.1, 0.15) is 0 Å². The van der Waals surface area contributed by atoms with Crippen LogP contribution >= 0.6 is 34.9 Å². The van der Waals surface area contributed by atoms with Crippen molar-refractivity contribution in [1.29, 1.82) is 0 Å². The van der Waals surface area contributed by atoms with Gasteiger partial charge in [-0.05, 0) is 58.4 Å². The van der Waals surface area contributed by atoms with Gasteiger partial charge >= 0.3 is 0 Å². The first kappa shape index (κ1) is 23.0. The number of nitrogens with one attached hydrogen (secondary N) is 1. The first-order valence-electron chi connectivity index (χ1n) is 9.57. The van der Waals surface area contributed by atoms with Crippen LogP contribution in [0.1, 0.15) is 31.7 Å². The van der Waals surface area contributed by atoms with Crippen LogP contribution in [0.2, 0.25) is 0 Å². The zero-order chi connectivity index (χ0) is 21.7. The van der Waals surface area contributed by atoms with Crippen molar-refractivity contribution in [3.63, 3.8) is 0 Å². The van der Waals surface area contributed by atoms with Gasteiger partial charge in [-0.1, -0.05) is 23.5 Å². The van der Waals surface area contributed by atoms with Gasteiger partial charge in [0.05, 0.1) is 21.6 Å². The maximum absolute atomic E-state index is 12.3. The van der Waals surface area contributed by atoms with E-state index in [9.17, 15) is 4.79 Å². The Morgan fingerprint density at radius 3 is 2.57 bits per heavy atom. The molecule has 0 aliphatic rings. The van der Waals surface area contributed by atoms with Crippen molar-refractivity contribution in [1.82, 2.24) is 15.0 Å². The number of hydrogen-bond acceptors (Lipinski definition) is 8. The number of carbonyl (C=O) groups is 1. The van der Waals surface area contributed by atoms with Gasteiger partial charge in [0.2, 0.25) is 5.91 Å². The number of rotatable bonds is 9. The topological polar surface area (TPSA) is 77.0 Å². The number of methoxy groups -OCH3 is 1. The number of amides is 1. The van der Waals surface area contributed by atoms with Crippen LogP contribution in [-0.4, -0.2) is 45.1 Å². The lowest BCUT2D eigenvalue weighted by atomic mass is 10.1. The Kier molecular flexibility index (Phi) is 7.73. The van der Waals surface area contributed by atoms with Crippen molar-refractivity contribution in [2.75, 3.05) is 23.9 Å². The van der Waals surface area contributed by atoms with E-state index < -0.39 is 0 Å². The van der Waals surface area contributed by atoms with Gasteiger partial charge in [-0.3, -0.25) is 4.79 Å². The number of benzene rings is 1. The standard InChI is InChI=1S/C21H26N4O2S3/c1-13-10-14(2)23-19(22-13)29-12-18(26)24-15-6-7-16-17(11-15)30-20(25-16)28-9-8-21(3,4)27-5/h6-7,10-11H,8-9,12H2,1-5H3,(H,24,26). The SMILES string of the molecule is COC(C)(C)CCSc1nc2ccc(NC(=O)CSc3nc(C)cc(C)n3)cc2s1. The molecule has 0 unspecified atom stereocenters.